The Kier molecular flexibility index (Phi) is 7.24. The molecule has 0 fully saturated rings. The van der Waals surface area contributed by atoms with Crippen molar-refractivity contribution in [1.29, 1.82) is 0 Å². The predicted molar refractivity (Wildman–Crippen MR) is 128 cm³/mol. The van der Waals surface area contributed by atoms with E-state index in [-0.39, 0.29) is 36.5 Å². The summed E-state index contributed by atoms with van der Waals surface area (Å²) >= 11 is 0. The molecule has 11 nitrogen and oxygen atoms in total. The minimum Gasteiger partial charge on any atom is -0.493 e. The molecule has 0 unspecified atom stereocenters. The lowest BCUT2D eigenvalue weighted by Crippen LogP contribution is -2.41. The largest absolute Gasteiger partial charge is 0.493 e. The Morgan fingerprint density at radius 3 is 2.66 bits per heavy atom. The SMILES string of the molecule is COc1ccc(CCc2nc(NC(=O)CC[C@H]3NC(=O)c4ccccc4NC3=O)n[nH]2)cc1OC. The topological polar surface area (TPSA) is 147 Å². The van der Waals surface area contributed by atoms with Gasteiger partial charge in [0, 0.05) is 12.8 Å². The van der Waals surface area contributed by atoms with Gasteiger partial charge in [-0.25, -0.2) is 0 Å². The molecule has 1 aliphatic rings. The lowest BCUT2D eigenvalue weighted by Gasteiger charge is -2.13. The number of aromatic amines is 1. The van der Waals surface area contributed by atoms with Crippen molar-refractivity contribution in [2.24, 2.45) is 0 Å². The monoisotopic (exact) mass is 478 g/mol. The van der Waals surface area contributed by atoms with Gasteiger partial charge < -0.3 is 20.1 Å². The molecule has 0 saturated heterocycles. The number of benzene rings is 2. The van der Waals surface area contributed by atoms with E-state index < -0.39 is 6.04 Å². The zero-order valence-corrected chi connectivity index (χ0v) is 19.4. The highest BCUT2D eigenvalue weighted by atomic mass is 16.5. The Labute approximate surface area is 201 Å². The number of nitrogens with one attached hydrogen (secondary N) is 4. The number of carbonyl (C=O) groups is 3. The van der Waals surface area contributed by atoms with E-state index in [0.717, 1.165) is 5.56 Å². The first kappa shape index (κ1) is 23.7. The van der Waals surface area contributed by atoms with Crippen molar-refractivity contribution in [3.8, 4) is 11.5 Å². The van der Waals surface area contributed by atoms with Crippen LogP contribution in [0, 0.1) is 0 Å². The molecule has 2 aromatic carbocycles. The average Bonchev–Trinajstić information content (AvgIpc) is 3.27. The second-order valence-corrected chi connectivity index (χ2v) is 7.94. The number of ether oxygens (including phenoxy) is 2. The van der Waals surface area contributed by atoms with E-state index in [4.69, 9.17) is 9.47 Å². The summed E-state index contributed by atoms with van der Waals surface area (Å²) < 4.78 is 10.6. The van der Waals surface area contributed by atoms with Crippen LogP contribution in [0.4, 0.5) is 11.6 Å². The van der Waals surface area contributed by atoms with Gasteiger partial charge in [0.15, 0.2) is 11.5 Å². The summed E-state index contributed by atoms with van der Waals surface area (Å²) in [5, 5.41) is 14.9. The number of amides is 3. The molecule has 4 N–H and O–H groups in total. The molecule has 182 valence electrons. The molecule has 0 bridgehead atoms. The fraction of sp³-hybridized carbons (Fsp3) is 0.292. The van der Waals surface area contributed by atoms with Crippen LogP contribution in [0.2, 0.25) is 0 Å². The van der Waals surface area contributed by atoms with Crippen LogP contribution in [0.1, 0.15) is 34.6 Å². The van der Waals surface area contributed by atoms with Crippen molar-refractivity contribution in [1.82, 2.24) is 20.5 Å². The van der Waals surface area contributed by atoms with E-state index in [0.29, 0.717) is 41.4 Å². The van der Waals surface area contributed by atoms with Crippen molar-refractivity contribution >= 4 is 29.4 Å². The highest BCUT2D eigenvalue weighted by molar-refractivity contribution is 6.09. The second kappa shape index (κ2) is 10.7. The number of nitrogens with zero attached hydrogens (tertiary/aromatic N) is 2. The fourth-order valence-corrected chi connectivity index (χ4v) is 3.74. The second-order valence-electron chi connectivity index (χ2n) is 7.94. The van der Waals surface area contributed by atoms with Crippen molar-refractivity contribution in [3.63, 3.8) is 0 Å². The van der Waals surface area contributed by atoms with Crippen LogP contribution in [0.5, 0.6) is 11.5 Å². The number of hydrogen-bond acceptors (Lipinski definition) is 7. The number of carbonyl (C=O) groups excluding carboxylic acids is 3. The Hall–Kier alpha value is -4.41. The quantitative estimate of drug-likeness (QED) is 0.368. The standard InChI is InChI=1S/C24H26N6O5/c1-34-18-10-7-14(13-19(18)35-2)8-11-20-27-24(30-29-20)28-21(31)12-9-17-23(33)25-16-6-4-3-5-15(16)22(32)26-17/h3-7,10,13,17H,8-9,11-12H2,1-2H3,(H,25,33)(H,26,32)(H2,27,28,29,30,31)/t17-/m1/s1. The van der Waals surface area contributed by atoms with E-state index in [2.05, 4.69) is 31.1 Å². The molecule has 0 spiro atoms. The molecule has 1 aliphatic heterocycles. The van der Waals surface area contributed by atoms with Gasteiger partial charge in [0.25, 0.3) is 5.91 Å². The third-order valence-electron chi connectivity index (χ3n) is 5.59. The van der Waals surface area contributed by atoms with Crippen LogP contribution < -0.4 is 25.4 Å². The van der Waals surface area contributed by atoms with Gasteiger partial charge in [0.2, 0.25) is 17.8 Å². The number of aryl methyl sites for hydroxylation is 2. The molecule has 0 aliphatic carbocycles. The number of para-hydroxylation sites is 1. The van der Waals surface area contributed by atoms with Crippen molar-refractivity contribution in [3.05, 3.63) is 59.4 Å². The summed E-state index contributed by atoms with van der Waals surface area (Å²) in [4.78, 5) is 41.5. The lowest BCUT2D eigenvalue weighted by molar-refractivity contribution is -0.118. The molecule has 4 rings (SSSR count). The Morgan fingerprint density at radius 1 is 1.06 bits per heavy atom. The molecular weight excluding hydrogens is 452 g/mol. The summed E-state index contributed by atoms with van der Waals surface area (Å²) in [6.45, 7) is 0. The molecule has 3 aromatic rings. The van der Waals surface area contributed by atoms with Gasteiger partial charge in [-0.05, 0) is 42.7 Å². The summed E-state index contributed by atoms with van der Waals surface area (Å²) in [6, 6.07) is 11.6. The molecule has 0 radical (unpaired) electrons. The number of anilines is 2. The van der Waals surface area contributed by atoms with Crippen molar-refractivity contribution in [2.75, 3.05) is 24.9 Å². The number of aromatic nitrogens is 3. The third kappa shape index (κ3) is 5.75. The van der Waals surface area contributed by atoms with E-state index in [1.807, 2.05) is 18.2 Å². The van der Waals surface area contributed by atoms with Crippen LogP contribution in [-0.2, 0) is 22.4 Å². The number of fused-ring (bicyclic) bond motifs is 1. The highest BCUT2D eigenvalue weighted by Gasteiger charge is 2.28. The van der Waals surface area contributed by atoms with Gasteiger partial charge in [0.1, 0.15) is 11.9 Å². The van der Waals surface area contributed by atoms with Crippen LogP contribution in [0.15, 0.2) is 42.5 Å². The minimum absolute atomic E-state index is 0.00419. The molecule has 1 atom stereocenters. The molecular formula is C24H26N6O5. The van der Waals surface area contributed by atoms with Crippen LogP contribution in [0.3, 0.4) is 0 Å². The van der Waals surface area contributed by atoms with Crippen LogP contribution in [-0.4, -0.2) is 53.2 Å². The van der Waals surface area contributed by atoms with Gasteiger partial charge in [-0.2, -0.15) is 4.98 Å². The van der Waals surface area contributed by atoms with Gasteiger partial charge >= 0.3 is 0 Å². The zero-order chi connectivity index (χ0) is 24.8. The Balaban J connectivity index is 1.27. The normalized spacial score (nSPS) is 14.9. The first-order valence-electron chi connectivity index (χ1n) is 11.1. The third-order valence-corrected chi connectivity index (χ3v) is 5.59. The van der Waals surface area contributed by atoms with Gasteiger partial charge in [-0.1, -0.05) is 18.2 Å². The van der Waals surface area contributed by atoms with Crippen LogP contribution in [0.25, 0.3) is 0 Å². The molecule has 35 heavy (non-hydrogen) atoms. The number of hydrogen-bond donors (Lipinski definition) is 4. The lowest BCUT2D eigenvalue weighted by atomic mass is 10.1. The van der Waals surface area contributed by atoms with E-state index in [1.165, 1.54) is 0 Å². The number of H-pyrrole nitrogens is 1. The summed E-state index contributed by atoms with van der Waals surface area (Å²) in [5.74, 6) is 0.981. The number of methoxy groups -OCH3 is 2. The molecule has 11 heteroatoms. The first-order chi connectivity index (χ1) is 17.0. The van der Waals surface area contributed by atoms with Crippen molar-refractivity contribution < 1.29 is 23.9 Å². The number of rotatable bonds is 9. The average molecular weight is 479 g/mol. The maximum Gasteiger partial charge on any atom is 0.254 e. The highest BCUT2D eigenvalue weighted by Crippen LogP contribution is 2.28. The molecule has 1 aromatic heterocycles. The maximum atomic E-state index is 12.5. The first-order valence-corrected chi connectivity index (χ1v) is 11.1. The Bertz CT molecular complexity index is 1240. The fourth-order valence-electron chi connectivity index (χ4n) is 3.74. The molecule has 0 saturated carbocycles. The smallest absolute Gasteiger partial charge is 0.254 e. The van der Waals surface area contributed by atoms with Crippen molar-refractivity contribution in [2.45, 2.75) is 31.7 Å². The van der Waals surface area contributed by atoms with E-state index in [1.54, 1.807) is 38.5 Å². The van der Waals surface area contributed by atoms with Crippen LogP contribution >= 0.6 is 0 Å². The van der Waals surface area contributed by atoms with Gasteiger partial charge in [-0.15, -0.1) is 5.10 Å². The van der Waals surface area contributed by atoms with E-state index in [9.17, 15) is 14.4 Å². The molecule has 2 heterocycles. The Morgan fingerprint density at radius 2 is 1.86 bits per heavy atom. The zero-order valence-electron chi connectivity index (χ0n) is 19.4. The molecule has 3 amide bonds. The summed E-state index contributed by atoms with van der Waals surface area (Å²) in [6.07, 6.45) is 1.40. The minimum atomic E-state index is -0.829. The summed E-state index contributed by atoms with van der Waals surface area (Å²) in [7, 11) is 3.17. The predicted octanol–water partition coefficient (Wildman–Crippen LogP) is 2.08. The van der Waals surface area contributed by atoms with E-state index >= 15 is 0 Å². The van der Waals surface area contributed by atoms with Gasteiger partial charge in [-0.3, -0.25) is 24.8 Å². The summed E-state index contributed by atoms with van der Waals surface area (Å²) in [5.41, 5.74) is 1.87. The maximum absolute atomic E-state index is 12.5. The van der Waals surface area contributed by atoms with Gasteiger partial charge in [0.05, 0.1) is 25.5 Å².